The van der Waals surface area contributed by atoms with Crippen LogP contribution in [0.15, 0.2) is 90.1 Å². The Morgan fingerprint density at radius 2 is 1.74 bits per heavy atom. The minimum atomic E-state index is -0.669. The molecule has 0 saturated carbocycles. The van der Waals surface area contributed by atoms with E-state index in [1.165, 1.54) is 16.2 Å². The predicted octanol–water partition coefficient (Wildman–Crippen LogP) is 4.92. The van der Waals surface area contributed by atoms with E-state index in [1.54, 1.807) is 18.5 Å². The van der Waals surface area contributed by atoms with Crippen molar-refractivity contribution in [2.75, 3.05) is 0 Å². The molecule has 4 aromatic rings. The molecule has 0 bridgehead atoms. The number of Topliss-reactive ketones (excluding diaryl/α,β-unsaturated/α-hetero) is 1. The summed E-state index contributed by atoms with van der Waals surface area (Å²) in [5.74, 6) is -1.43. The fourth-order valence-corrected chi connectivity index (χ4v) is 4.89. The highest BCUT2D eigenvalue weighted by molar-refractivity contribution is 7.10. The maximum Gasteiger partial charge on any atom is 0.295 e. The lowest BCUT2D eigenvalue weighted by Crippen LogP contribution is -2.28. The summed E-state index contributed by atoms with van der Waals surface area (Å²) in [5.41, 5.74) is 1.53. The minimum absolute atomic E-state index is 0.123. The summed E-state index contributed by atoms with van der Waals surface area (Å²) in [4.78, 5) is 32.6. The van der Waals surface area contributed by atoms with Crippen LogP contribution in [0.25, 0.3) is 16.5 Å². The lowest BCUT2D eigenvalue weighted by atomic mass is 9.96. The van der Waals surface area contributed by atoms with Crippen molar-refractivity contribution in [3.63, 3.8) is 0 Å². The number of aliphatic hydroxyl groups is 1. The smallest absolute Gasteiger partial charge is 0.295 e. The third-order valence-electron chi connectivity index (χ3n) is 5.50. The molecule has 3 heterocycles. The average molecular weight is 426 g/mol. The zero-order valence-corrected chi connectivity index (χ0v) is 17.3. The summed E-state index contributed by atoms with van der Waals surface area (Å²) >= 11 is 1.45. The van der Waals surface area contributed by atoms with Crippen LogP contribution in [0.2, 0.25) is 0 Å². The Bertz CT molecular complexity index is 1310. The van der Waals surface area contributed by atoms with E-state index in [9.17, 15) is 14.7 Å². The number of ketones is 1. The predicted molar refractivity (Wildman–Crippen MR) is 120 cm³/mol. The zero-order chi connectivity index (χ0) is 21.4. The number of hydrogen-bond donors (Lipinski definition) is 1. The number of carbonyl (C=O) groups is 2. The number of aromatic nitrogens is 1. The van der Waals surface area contributed by atoms with Gasteiger partial charge in [0.05, 0.1) is 11.6 Å². The number of hydrogen-bond acceptors (Lipinski definition) is 5. The largest absolute Gasteiger partial charge is 0.507 e. The van der Waals surface area contributed by atoms with Crippen molar-refractivity contribution in [3.8, 4) is 0 Å². The number of likely N-dealkylation sites (tertiary alicyclic amines) is 1. The van der Waals surface area contributed by atoms with E-state index in [2.05, 4.69) is 4.98 Å². The quantitative estimate of drug-likeness (QED) is 0.286. The van der Waals surface area contributed by atoms with Gasteiger partial charge in [-0.25, -0.2) is 0 Å². The first-order valence-electron chi connectivity index (χ1n) is 9.84. The zero-order valence-electron chi connectivity index (χ0n) is 16.4. The molecule has 1 unspecified atom stereocenters. The summed E-state index contributed by atoms with van der Waals surface area (Å²) in [5, 5.41) is 15.0. The molecular weight excluding hydrogens is 408 g/mol. The molecule has 31 heavy (non-hydrogen) atoms. The number of pyridine rings is 1. The van der Waals surface area contributed by atoms with E-state index in [1.807, 2.05) is 66.0 Å². The maximum atomic E-state index is 13.1. The van der Waals surface area contributed by atoms with Gasteiger partial charge >= 0.3 is 0 Å². The van der Waals surface area contributed by atoms with Gasteiger partial charge in [-0.2, -0.15) is 0 Å². The van der Waals surface area contributed by atoms with Gasteiger partial charge in [-0.1, -0.05) is 48.5 Å². The van der Waals surface area contributed by atoms with Gasteiger partial charge in [0.1, 0.15) is 5.76 Å². The van der Waals surface area contributed by atoms with Gasteiger partial charge in [0.2, 0.25) is 0 Å². The van der Waals surface area contributed by atoms with E-state index < -0.39 is 17.7 Å². The highest BCUT2D eigenvalue weighted by Gasteiger charge is 2.46. The molecule has 2 aromatic heterocycles. The molecule has 2 aromatic carbocycles. The Kier molecular flexibility index (Phi) is 4.84. The van der Waals surface area contributed by atoms with Gasteiger partial charge in [-0.3, -0.25) is 14.6 Å². The average Bonchev–Trinajstić information content (AvgIpc) is 3.42. The molecule has 0 spiro atoms. The normalized spacial score (nSPS) is 18.1. The Hall–Kier alpha value is -3.77. The Morgan fingerprint density at radius 3 is 2.52 bits per heavy atom. The monoisotopic (exact) mass is 426 g/mol. The number of rotatable bonds is 4. The van der Waals surface area contributed by atoms with Gasteiger partial charge in [0.25, 0.3) is 11.7 Å². The van der Waals surface area contributed by atoms with Crippen LogP contribution < -0.4 is 0 Å². The number of benzene rings is 2. The number of carbonyl (C=O) groups excluding carboxylic acids is 2. The lowest BCUT2D eigenvalue weighted by Gasteiger charge is -2.24. The van der Waals surface area contributed by atoms with Crippen LogP contribution in [0.1, 0.15) is 22.0 Å². The molecule has 1 aliphatic heterocycles. The molecular formula is C25H18N2O3S. The van der Waals surface area contributed by atoms with Crippen molar-refractivity contribution in [2.24, 2.45) is 0 Å². The highest BCUT2D eigenvalue weighted by atomic mass is 32.1. The third-order valence-corrected chi connectivity index (χ3v) is 6.42. The Labute approximate surface area is 182 Å². The first kappa shape index (κ1) is 19.2. The first-order chi connectivity index (χ1) is 15.1. The maximum absolute atomic E-state index is 13.1. The topological polar surface area (TPSA) is 70.5 Å². The molecule has 1 amide bonds. The van der Waals surface area contributed by atoms with Crippen LogP contribution in [0.3, 0.4) is 0 Å². The molecule has 1 atom stereocenters. The first-order valence-corrected chi connectivity index (χ1v) is 10.7. The van der Waals surface area contributed by atoms with Crippen molar-refractivity contribution < 1.29 is 14.7 Å². The third kappa shape index (κ3) is 3.31. The second-order valence-electron chi connectivity index (χ2n) is 7.32. The van der Waals surface area contributed by atoms with Crippen molar-refractivity contribution >= 4 is 39.6 Å². The van der Waals surface area contributed by atoms with E-state index in [4.69, 9.17) is 0 Å². The Morgan fingerprint density at radius 1 is 0.968 bits per heavy atom. The van der Waals surface area contributed by atoms with Crippen molar-refractivity contribution in [1.29, 1.82) is 0 Å². The summed E-state index contributed by atoms with van der Waals surface area (Å²) in [6.07, 6.45) is 3.31. The number of nitrogens with zero attached hydrogens (tertiary/aromatic N) is 2. The van der Waals surface area contributed by atoms with E-state index in [0.717, 1.165) is 21.2 Å². The van der Waals surface area contributed by atoms with E-state index in [-0.39, 0.29) is 17.9 Å². The lowest BCUT2D eigenvalue weighted by molar-refractivity contribution is -0.140. The standard InChI is InChI=1S/C25H18N2O3S/c28-23(19-8-3-6-17-5-1-2-7-18(17)19)21-22(20-9-4-14-31-20)27(25(30)24(21)29)15-16-10-12-26-13-11-16/h1-14,22,28H,15H2/b23-21-. The molecule has 5 rings (SSSR count). The molecule has 5 nitrogen and oxygen atoms in total. The summed E-state index contributed by atoms with van der Waals surface area (Å²) < 4.78 is 0. The molecule has 1 aliphatic rings. The van der Waals surface area contributed by atoms with Gasteiger partial charge in [0, 0.05) is 29.4 Å². The number of aliphatic hydroxyl groups excluding tert-OH is 1. The van der Waals surface area contributed by atoms with Crippen LogP contribution in [0, 0.1) is 0 Å². The van der Waals surface area contributed by atoms with Gasteiger partial charge in [-0.15, -0.1) is 11.3 Å². The number of thiophene rings is 1. The molecule has 1 N–H and O–H groups in total. The Balaban J connectivity index is 1.69. The summed E-state index contributed by atoms with van der Waals surface area (Å²) in [7, 11) is 0. The number of fused-ring (bicyclic) bond motifs is 1. The van der Waals surface area contributed by atoms with Crippen molar-refractivity contribution in [3.05, 3.63) is 106 Å². The summed E-state index contributed by atoms with van der Waals surface area (Å²) in [6, 6.07) is 20.0. The second kappa shape index (κ2) is 7.81. The van der Waals surface area contributed by atoms with Crippen molar-refractivity contribution in [2.45, 2.75) is 12.6 Å². The molecule has 6 heteroatoms. The van der Waals surface area contributed by atoms with E-state index in [0.29, 0.717) is 5.56 Å². The van der Waals surface area contributed by atoms with Crippen LogP contribution >= 0.6 is 11.3 Å². The molecule has 1 saturated heterocycles. The van der Waals surface area contributed by atoms with E-state index >= 15 is 0 Å². The molecule has 1 fully saturated rings. The van der Waals surface area contributed by atoms with Gasteiger partial charge in [-0.05, 0) is 39.9 Å². The van der Waals surface area contributed by atoms with Crippen LogP contribution in [-0.2, 0) is 16.1 Å². The molecule has 152 valence electrons. The highest BCUT2D eigenvalue weighted by Crippen LogP contribution is 2.42. The van der Waals surface area contributed by atoms with Crippen LogP contribution in [0.5, 0.6) is 0 Å². The molecule has 0 radical (unpaired) electrons. The van der Waals surface area contributed by atoms with Crippen molar-refractivity contribution in [1.82, 2.24) is 9.88 Å². The SMILES string of the molecule is O=C1C(=O)N(Cc2ccncc2)C(c2cccs2)/C1=C(/O)c1cccc2ccccc12. The minimum Gasteiger partial charge on any atom is -0.507 e. The fourth-order valence-electron chi connectivity index (χ4n) is 4.05. The van der Waals surface area contributed by atoms with Gasteiger partial charge < -0.3 is 10.0 Å². The second-order valence-corrected chi connectivity index (χ2v) is 8.30. The van der Waals surface area contributed by atoms with Crippen LogP contribution in [0.4, 0.5) is 0 Å². The number of amides is 1. The molecule has 0 aliphatic carbocycles. The fraction of sp³-hybridized carbons (Fsp3) is 0.0800. The van der Waals surface area contributed by atoms with Crippen LogP contribution in [-0.4, -0.2) is 26.7 Å². The van der Waals surface area contributed by atoms with Gasteiger partial charge in [0.15, 0.2) is 0 Å². The summed E-state index contributed by atoms with van der Waals surface area (Å²) in [6.45, 7) is 0.252.